The fraction of sp³-hybridized carbons (Fsp3) is 0. The minimum absolute atomic E-state index is 0.378. The fourth-order valence-electron chi connectivity index (χ4n) is 2.21. The second-order valence-electron chi connectivity index (χ2n) is 4.35. The monoisotopic (exact) mass is 307 g/mol. The van der Waals surface area contributed by atoms with Gasteiger partial charge in [-0.05, 0) is 36.4 Å². The Balaban J connectivity index is 2.33. The summed E-state index contributed by atoms with van der Waals surface area (Å²) >= 11 is 12.0. The van der Waals surface area contributed by atoms with Gasteiger partial charge in [-0.15, -0.1) is 0 Å². The Morgan fingerprint density at radius 2 is 1.90 bits per heavy atom. The van der Waals surface area contributed by atoms with Crippen LogP contribution in [-0.2, 0) is 0 Å². The Morgan fingerprint density at radius 3 is 2.60 bits per heavy atom. The third kappa shape index (κ3) is 2.09. The number of nitrogens with one attached hydrogen (secondary N) is 1. The second-order valence-corrected chi connectivity index (χ2v) is 5.19. The Hall–Kier alpha value is -1.84. The van der Waals surface area contributed by atoms with Gasteiger partial charge >= 0.3 is 0 Å². The zero-order chi connectivity index (χ0) is 14.3. The number of halogens is 3. The van der Waals surface area contributed by atoms with Gasteiger partial charge in [0.25, 0.3) is 0 Å². The summed E-state index contributed by atoms with van der Waals surface area (Å²) in [5, 5.41) is 1.46. The quantitative estimate of drug-likeness (QED) is 0.657. The highest BCUT2D eigenvalue weighted by Gasteiger charge is 2.15. The van der Waals surface area contributed by atoms with Crippen LogP contribution in [0.5, 0.6) is 0 Å². The minimum atomic E-state index is -0.395. The summed E-state index contributed by atoms with van der Waals surface area (Å²) in [5.74, 6) is -0.395. The lowest BCUT2D eigenvalue weighted by Crippen LogP contribution is -1.86. The summed E-state index contributed by atoms with van der Waals surface area (Å²) in [5.41, 5.74) is 2.26. The molecule has 5 heteroatoms. The predicted molar refractivity (Wildman–Crippen MR) is 79.1 cm³/mol. The lowest BCUT2D eigenvalue weighted by molar-refractivity contribution is 0.112. The van der Waals surface area contributed by atoms with E-state index in [-0.39, 0.29) is 0 Å². The summed E-state index contributed by atoms with van der Waals surface area (Å²) in [6.07, 6.45) is 0.693. The molecule has 0 unspecified atom stereocenters. The topological polar surface area (TPSA) is 32.9 Å². The molecule has 0 bridgehead atoms. The largest absolute Gasteiger partial charge is 0.354 e. The van der Waals surface area contributed by atoms with E-state index in [1.807, 2.05) is 0 Å². The van der Waals surface area contributed by atoms with Crippen molar-refractivity contribution in [3.05, 3.63) is 57.8 Å². The third-order valence-electron chi connectivity index (χ3n) is 3.12. The van der Waals surface area contributed by atoms with Crippen LogP contribution in [0.1, 0.15) is 10.4 Å². The standard InChI is InChI=1S/C15H8Cl2FNO/c16-8-1-3-10(13(17)5-8)15-12(7-20)11-6-9(18)2-4-14(11)19-15/h1-7,19H. The molecule has 1 heterocycles. The molecular weight excluding hydrogens is 300 g/mol. The van der Waals surface area contributed by atoms with Gasteiger partial charge in [-0.1, -0.05) is 23.2 Å². The highest BCUT2D eigenvalue weighted by atomic mass is 35.5. The number of aromatic amines is 1. The molecule has 0 aliphatic heterocycles. The van der Waals surface area contributed by atoms with Crippen LogP contribution in [0.3, 0.4) is 0 Å². The van der Waals surface area contributed by atoms with Gasteiger partial charge in [-0.2, -0.15) is 0 Å². The third-order valence-corrected chi connectivity index (χ3v) is 3.67. The molecule has 0 fully saturated rings. The zero-order valence-corrected chi connectivity index (χ0v) is 11.6. The average molecular weight is 308 g/mol. The lowest BCUT2D eigenvalue weighted by atomic mass is 10.1. The molecule has 20 heavy (non-hydrogen) atoms. The van der Waals surface area contributed by atoms with Crippen LogP contribution in [0.4, 0.5) is 4.39 Å². The number of hydrogen-bond acceptors (Lipinski definition) is 1. The molecule has 1 aromatic heterocycles. The number of H-pyrrole nitrogens is 1. The molecule has 2 aromatic carbocycles. The van der Waals surface area contributed by atoms with Gasteiger partial charge in [0.05, 0.1) is 10.7 Å². The molecule has 0 saturated heterocycles. The molecule has 3 rings (SSSR count). The molecule has 0 aliphatic rings. The van der Waals surface area contributed by atoms with E-state index in [0.29, 0.717) is 44.1 Å². The van der Waals surface area contributed by atoms with E-state index in [4.69, 9.17) is 23.2 Å². The minimum Gasteiger partial charge on any atom is -0.354 e. The first kappa shape index (κ1) is 13.2. The second kappa shape index (κ2) is 4.93. The average Bonchev–Trinajstić information content (AvgIpc) is 2.76. The number of aromatic nitrogens is 1. The summed E-state index contributed by atoms with van der Waals surface area (Å²) < 4.78 is 13.3. The molecule has 0 atom stereocenters. The van der Waals surface area contributed by atoms with Crippen molar-refractivity contribution in [1.29, 1.82) is 0 Å². The van der Waals surface area contributed by atoms with Gasteiger partial charge in [0.15, 0.2) is 6.29 Å². The van der Waals surface area contributed by atoms with E-state index in [9.17, 15) is 9.18 Å². The lowest BCUT2D eigenvalue weighted by Gasteiger charge is -2.03. The van der Waals surface area contributed by atoms with Crippen LogP contribution in [0, 0.1) is 5.82 Å². The number of carbonyl (C=O) groups is 1. The molecular formula is C15H8Cl2FNO. The van der Waals surface area contributed by atoms with E-state index >= 15 is 0 Å². The van der Waals surface area contributed by atoms with Crippen LogP contribution in [0.15, 0.2) is 36.4 Å². The first-order valence-electron chi connectivity index (χ1n) is 5.82. The zero-order valence-electron chi connectivity index (χ0n) is 10.1. The van der Waals surface area contributed by atoms with Crippen molar-refractivity contribution in [2.75, 3.05) is 0 Å². The van der Waals surface area contributed by atoms with Crippen molar-refractivity contribution in [3.8, 4) is 11.3 Å². The van der Waals surface area contributed by atoms with Gasteiger partial charge in [-0.25, -0.2) is 4.39 Å². The smallest absolute Gasteiger partial charge is 0.152 e. The van der Waals surface area contributed by atoms with Crippen molar-refractivity contribution >= 4 is 40.4 Å². The SMILES string of the molecule is O=Cc1c(-c2ccc(Cl)cc2Cl)[nH]c2ccc(F)cc12. The Labute approximate surface area is 124 Å². The molecule has 2 nitrogen and oxygen atoms in total. The number of benzene rings is 2. The Morgan fingerprint density at radius 1 is 1.10 bits per heavy atom. The first-order chi connectivity index (χ1) is 9.60. The molecule has 0 spiro atoms. The van der Waals surface area contributed by atoms with Crippen LogP contribution < -0.4 is 0 Å². The van der Waals surface area contributed by atoms with Crippen molar-refractivity contribution in [1.82, 2.24) is 4.98 Å². The van der Waals surface area contributed by atoms with E-state index < -0.39 is 5.82 Å². The van der Waals surface area contributed by atoms with Crippen molar-refractivity contribution in [2.24, 2.45) is 0 Å². The summed E-state index contributed by atoms with van der Waals surface area (Å²) in [6, 6.07) is 9.25. The van der Waals surface area contributed by atoms with Crippen molar-refractivity contribution in [3.63, 3.8) is 0 Å². The predicted octanol–water partition coefficient (Wildman–Crippen LogP) is 5.09. The maximum Gasteiger partial charge on any atom is 0.152 e. The van der Waals surface area contributed by atoms with Gasteiger partial charge in [-0.3, -0.25) is 4.79 Å². The molecule has 1 N–H and O–H groups in total. The van der Waals surface area contributed by atoms with Gasteiger partial charge in [0.1, 0.15) is 5.82 Å². The highest BCUT2D eigenvalue weighted by molar-refractivity contribution is 6.36. The van der Waals surface area contributed by atoms with E-state index in [0.717, 1.165) is 0 Å². The van der Waals surface area contributed by atoms with Gasteiger partial charge in [0, 0.05) is 27.1 Å². The molecule has 3 aromatic rings. The number of carbonyl (C=O) groups excluding carboxylic acids is 1. The number of fused-ring (bicyclic) bond motifs is 1. The summed E-state index contributed by atoms with van der Waals surface area (Å²) in [6.45, 7) is 0. The first-order valence-corrected chi connectivity index (χ1v) is 6.57. The van der Waals surface area contributed by atoms with Crippen molar-refractivity contribution < 1.29 is 9.18 Å². The highest BCUT2D eigenvalue weighted by Crippen LogP contribution is 2.35. The van der Waals surface area contributed by atoms with E-state index in [1.165, 1.54) is 12.1 Å². The van der Waals surface area contributed by atoms with Gasteiger partial charge < -0.3 is 4.98 Å². The van der Waals surface area contributed by atoms with Crippen molar-refractivity contribution in [2.45, 2.75) is 0 Å². The van der Waals surface area contributed by atoms with Crippen LogP contribution in [-0.4, -0.2) is 11.3 Å². The van der Waals surface area contributed by atoms with Crippen LogP contribution in [0.2, 0.25) is 10.0 Å². The number of rotatable bonds is 2. The molecule has 0 amide bonds. The Bertz CT molecular complexity index is 826. The van der Waals surface area contributed by atoms with Crippen LogP contribution >= 0.6 is 23.2 Å². The maximum absolute atomic E-state index is 13.3. The van der Waals surface area contributed by atoms with Gasteiger partial charge in [0.2, 0.25) is 0 Å². The molecule has 0 saturated carbocycles. The number of aldehydes is 1. The molecule has 0 radical (unpaired) electrons. The Kier molecular flexibility index (Phi) is 3.24. The molecule has 0 aliphatic carbocycles. The van der Waals surface area contributed by atoms with E-state index in [2.05, 4.69) is 4.98 Å². The summed E-state index contributed by atoms with van der Waals surface area (Å²) in [4.78, 5) is 14.4. The number of hydrogen-bond donors (Lipinski definition) is 1. The van der Waals surface area contributed by atoms with E-state index in [1.54, 1.807) is 24.3 Å². The summed E-state index contributed by atoms with van der Waals surface area (Å²) in [7, 11) is 0. The normalized spacial score (nSPS) is 10.9. The molecule has 100 valence electrons. The fourth-order valence-corrected chi connectivity index (χ4v) is 2.72. The maximum atomic E-state index is 13.3. The van der Waals surface area contributed by atoms with Crippen LogP contribution in [0.25, 0.3) is 22.2 Å².